The molecule has 15 heavy (non-hydrogen) atoms. The Bertz CT molecular complexity index is 377. The third kappa shape index (κ3) is 2.55. The van der Waals surface area contributed by atoms with Gasteiger partial charge in [0.2, 0.25) is 0 Å². The van der Waals surface area contributed by atoms with E-state index in [0.717, 1.165) is 0 Å². The highest BCUT2D eigenvalue weighted by molar-refractivity contribution is 6.18. The van der Waals surface area contributed by atoms with Crippen LogP contribution in [0.25, 0.3) is 0 Å². The zero-order valence-corrected chi connectivity index (χ0v) is 9.60. The Morgan fingerprint density at radius 1 is 1.33 bits per heavy atom. The topological polar surface area (TPSA) is 46.5 Å². The molecule has 0 saturated carbocycles. The van der Waals surface area contributed by atoms with E-state index in [2.05, 4.69) is 0 Å². The van der Waals surface area contributed by atoms with Crippen molar-refractivity contribution in [3.05, 3.63) is 28.8 Å². The van der Waals surface area contributed by atoms with Crippen molar-refractivity contribution < 1.29 is 14.6 Å². The molecular formula is C10H10Cl2O3. The van der Waals surface area contributed by atoms with Gasteiger partial charge < -0.3 is 9.84 Å². The van der Waals surface area contributed by atoms with Crippen molar-refractivity contribution >= 4 is 29.2 Å². The van der Waals surface area contributed by atoms with Crippen LogP contribution in [-0.2, 0) is 11.8 Å². The average Bonchev–Trinajstić information content (AvgIpc) is 2.26. The van der Waals surface area contributed by atoms with Gasteiger partial charge in [0.15, 0.2) is 0 Å². The van der Waals surface area contributed by atoms with E-state index in [1.165, 1.54) is 13.2 Å². The fourth-order valence-electron chi connectivity index (χ4n) is 1.27. The van der Waals surface area contributed by atoms with Gasteiger partial charge in [-0.15, -0.1) is 23.2 Å². The summed E-state index contributed by atoms with van der Waals surface area (Å²) >= 11 is 11.3. The summed E-state index contributed by atoms with van der Waals surface area (Å²) in [5.41, 5.74) is 1.33. The molecule has 82 valence electrons. The summed E-state index contributed by atoms with van der Waals surface area (Å²) in [5.74, 6) is -0.127. The number of carbonyl (C=O) groups is 1. The minimum Gasteiger partial charge on any atom is -0.496 e. The van der Waals surface area contributed by atoms with Gasteiger partial charge in [0.1, 0.15) is 5.75 Å². The molecule has 0 amide bonds. The highest BCUT2D eigenvalue weighted by Gasteiger charge is 2.14. The van der Waals surface area contributed by atoms with Gasteiger partial charge >= 0.3 is 5.97 Å². The first-order chi connectivity index (χ1) is 7.13. The first kappa shape index (κ1) is 12.1. The molecule has 1 aromatic rings. The zero-order chi connectivity index (χ0) is 11.4. The minimum atomic E-state index is -1.01. The monoisotopic (exact) mass is 248 g/mol. The van der Waals surface area contributed by atoms with Crippen molar-refractivity contribution in [2.75, 3.05) is 7.11 Å². The van der Waals surface area contributed by atoms with E-state index in [-0.39, 0.29) is 17.3 Å². The smallest absolute Gasteiger partial charge is 0.336 e. The van der Waals surface area contributed by atoms with E-state index in [9.17, 15) is 4.79 Å². The van der Waals surface area contributed by atoms with E-state index in [1.807, 2.05) is 0 Å². The van der Waals surface area contributed by atoms with Crippen LogP contribution in [0.5, 0.6) is 5.75 Å². The molecule has 1 aromatic carbocycles. The standard InChI is InChI=1S/C10H10Cl2O3/c1-15-9-3-6(4-11)8(10(13)14)2-7(9)5-12/h2-3H,4-5H2,1H3,(H,13,14). The van der Waals surface area contributed by atoms with Crippen LogP contribution in [0.4, 0.5) is 0 Å². The lowest BCUT2D eigenvalue weighted by molar-refractivity contribution is 0.0696. The molecule has 0 aromatic heterocycles. The third-order valence-corrected chi connectivity index (χ3v) is 2.60. The summed E-state index contributed by atoms with van der Waals surface area (Å²) in [6.07, 6.45) is 0. The molecule has 0 aliphatic heterocycles. The fourth-order valence-corrected chi connectivity index (χ4v) is 1.70. The predicted molar refractivity (Wildman–Crippen MR) is 59.1 cm³/mol. The molecule has 0 aliphatic carbocycles. The quantitative estimate of drug-likeness (QED) is 0.834. The molecule has 0 fully saturated rings. The van der Waals surface area contributed by atoms with Gasteiger partial charge in [0, 0.05) is 11.4 Å². The van der Waals surface area contributed by atoms with Crippen LogP contribution < -0.4 is 4.74 Å². The number of carboxylic acid groups (broad SMARTS) is 1. The first-order valence-corrected chi connectivity index (χ1v) is 5.26. The Balaban J connectivity index is 3.34. The van der Waals surface area contributed by atoms with Gasteiger partial charge in [-0.2, -0.15) is 0 Å². The summed E-state index contributed by atoms with van der Waals surface area (Å²) in [4.78, 5) is 10.9. The van der Waals surface area contributed by atoms with Crippen LogP contribution >= 0.6 is 23.2 Å². The summed E-state index contributed by atoms with van der Waals surface area (Å²) in [5, 5.41) is 8.94. The van der Waals surface area contributed by atoms with E-state index in [4.69, 9.17) is 33.0 Å². The number of carboxylic acids is 1. The lowest BCUT2D eigenvalue weighted by atomic mass is 10.0. The molecule has 0 atom stereocenters. The van der Waals surface area contributed by atoms with Crippen LogP contribution in [-0.4, -0.2) is 18.2 Å². The molecule has 0 saturated heterocycles. The largest absolute Gasteiger partial charge is 0.496 e. The van der Waals surface area contributed by atoms with Crippen LogP contribution in [0.15, 0.2) is 12.1 Å². The van der Waals surface area contributed by atoms with Crippen molar-refractivity contribution in [2.24, 2.45) is 0 Å². The first-order valence-electron chi connectivity index (χ1n) is 4.19. The maximum atomic E-state index is 10.9. The number of hydrogen-bond donors (Lipinski definition) is 1. The van der Waals surface area contributed by atoms with Gasteiger partial charge in [-0.3, -0.25) is 0 Å². The second-order valence-electron chi connectivity index (χ2n) is 2.89. The van der Waals surface area contributed by atoms with E-state index >= 15 is 0 Å². The average molecular weight is 249 g/mol. The molecule has 3 nitrogen and oxygen atoms in total. The molecule has 0 spiro atoms. The minimum absolute atomic E-state index is 0.126. The molecule has 0 radical (unpaired) electrons. The normalized spacial score (nSPS) is 10.1. The molecule has 0 heterocycles. The molecule has 0 unspecified atom stereocenters. The van der Waals surface area contributed by atoms with Crippen LogP contribution in [0.3, 0.4) is 0 Å². The summed E-state index contributed by atoms with van der Waals surface area (Å²) in [6, 6.07) is 3.10. The predicted octanol–water partition coefficient (Wildman–Crippen LogP) is 2.87. The van der Waals surface area contributed by atoms with Gasteiger partial charge in [0.05, 0.1) is 18.6 Å². The lowest BCUT2D eigenvalue weighted by Gasteiger charge is -2.10. The number of methoxy groups -OCH3 is 1. The number of aromatic carboxylic acids is 1. The maximum Gasteiger partial charge on any atom is 0.336 e. The van der Waals surface area contributed by atoms with E-state index in [1.54, 1.807) is 6.07 Å². The molecule has 1 N–H and O–H groups in total. The van der Waals surface area contributed by atoms with Crippen molar-refractivity contribution in [3.63, 3.8) is 0 Å². The molecular weight excluding hydrogens is 239 g/mol. The van der Waals surface area contributed by atoms with Crippen LogP contribution in [0.2, 0.25) is 0 Å². The Kier molecular flexibility index (Phi) is 4.24. The Hall–Kier alpha value is -0.930. The Labute approximate surface area is 97.6 Å². The Morgan fingerprint density at radius 2 is 1.93 bits per heavy atom. The molecule has 5 heteroatoms. The van der Waals surface area contributed by atoms with E-state index in [0.29, 0.717) is 16.9 Å². The lowest BCUT2D eigenvalue weighted by Crippen LogP contribution is -2.04. The van der Waals surface area contributed by atoms with E-state index < -0.39 is 5.97 Å². The number of halogens is 2. The zero-order valence-electron chi connectivity index (χ0n) is 8.09. The van der Waals surface area contributed by atoms with Gasteiger partial charge in [0.25, 0.3) is 0 Å². The van der Waals surface area contributed by atoms with Crippen LogP contribution in [0.1, 0.15) is 21.5 Å². The van der Waals surface area contributed by atoms with Crippen molar-refractivity contribution in [2.45, 2.75) is 11.8 Å². The number of ether oxygens (including phenoxy) is 1. The summed E-state index contributed by atoms with van der Waals surface area (Å²) < 4.78 is 5.08. The van der Waals surface area contributed by atoms with Crippen molar-refractivity contribution in [1.82, 2.24) is 0 Å². The highest BCUT2D eigenvalue weighted by atomic mass is 35.5. The Morgan fingerprint density at radius 3 is 2.33 bits per heavy atom. The number of alkyl halides is 2. The fraction of sp³-hybridized carbons (Fsp3) is 0.300. The molecule has 0 bridgehead atoms. The second-order valence-corrected chi connectivity index (χ2v) is 3.43. The third-order valence-electron chi connectivity index (χ3n) is 2.02. The highest BCUT2D eigenvalue weighted by Crippen LogP contribution is 2.26. The summed E-state index contributed by atoms with van der Waals surface area (Å²) in [6.45, 7) is 0. The molecule has 1 rings (SSSR count). The number of benzene rings is 1. The second kappa shape index (κ2) is 5.24. The van der Waals surface area contributed by atoms with Gasteiger partial charge in [-0.05, 0) is 17.7 Å². The maximum absolute atomic E-state index is 10.9. The van der Waals surface area contributed by atoms with Gasteiger partial charge in [-0.1, -0.05) is 0 Å². The SMILES string of the molecule is COc1cc(CCl)c(C(=O)O)cc1CCl. The van der Waals surface area contributed by atoms with Gasteiger partial charge in [-0.25, -0.2) is 4.79 Å². The summed E-state index contributed by atoms with van der Waals surface area (Å²) in [7, 11) is 1.50. The van der Waals surface area contributed by atoms with Crippen molar-refractivity contribution in [1.29, 1.82) is 0 Å². The van der Waals surface area contributed by atoms with Crippen LogP contribution in [0, 0.1) is 0 Å². The molecule has 0 aliphatic rings. The van der Waals surface area contributed by atoms with Crippen molar-refractivity contribution in [3.8, 4) is 5.75 Å². The number of rotatable bonds is 4. The number of hydrogen-bond acceptors (Lipinski definition) is 2.